The molecule has 0 atom stereocenters. The van der Waals surface area contributed by atoms with Gasteiger partial charge in [0, 0.05) is 24.4 Å². The summed E-state index contributed by atoms with van der Waals surface area (Å²) in [7, 11) is 0. The van der Waals surface area contributed by atoms with Gasteiger partial charge in [-0.15, -0.1) is 0 Å². The number of allylic oxidation sites excluding steroid dienone is 2. The van der Waals surface area contributed by atoms with E-state index in [1.54, 1.807) is 12.4 Å². The summed E-state index contributed by atoms with van der Waals surface area (Å²) in [6.07, 6.45) is 23.8. The largest absolute Gasteiger partial charge is 0.461 e. The van der Waals surface area contributed by atoms with Gasteiger partial charge in [-0.05, 0) is 44.1 Å². The highest BCUT2D eigenvalue weighted by atomic mass is 16.5. The molecule has 0 N–H and O–H groups in total. The van der Waals surface area contributed by atoms with Gasteiger partial charge in [0.1, 0.15) is 6.61 Å². The first-order valence-electron chi connectivity index (χ1n) is 11.4. The van der Waals surface area contributed by atoms with E-state index < -0.39 is 0 Å². The lowest BCUT2D eigenvalue weighted by molar-refractivity contribution is -0.145. The molecule has 0 aliphatic carbocycles. The normalized spacial score (nSPS) is 11.4. The molecule has 28 heavy (non-hydrogen) atoms. The number of pyridine rings is 1. The lowest BCUT2D eigenvalue weighted by Crippen LogP contribution is -2.04. The molecule has 0 amide bonds. The topological polar surface area (TPSA) is 39.2 Å². The molecule has 1 aromatic heterocycles. The molecule has 0 saturated carbocycles. The number of nitrogens with zero attached hydrogens (tertiary/aromatic N) is 1. The van der Waals surface area contributed by atoms with Crippen molar-refractivity contribution in [2.45, 2.75) is 104 Å². The summed E-state index contributed by atoms with van der Waals surface area (Å²) < 4.78 is 5.26. The van der Waals surface area contributed by atoms with Crippen LogP contribution in [0.3, 0.4) is 0 Å². The number of carbonyl (C=O) groups is 1. The molecular formula is C25H41NO2. The maximum Gasteiger partial charge on any atom is 0.306 e. The quantitative estimate of drug-likeness (QED) is 0.159. The van der Waals surface area contributed by atoms with Crippen LogP contribution in [0.1, 0.15) is 103 Å². The molecule has 0 aliphatic rings. The van der Waals surface area contributed by atoms with Crippen molar-refractivity contribution >= 4 is 5.97 Å². The Morgan fingerprint density at radius 2 is 1.61 bits per heavy atom. The number of hydrogen-bond acceptors (Lipinski definition) is 3. The second-order valence-electron chi connectivity index (χ2n) is 8.19. The molecule has 1 aromatic rings. The van der Waals surface area contributed by atoms with Crippen LogP contribution < -0.4 is 0 Å². The van der Waals surface area contributed by atoms with E-state index in [1.165, 1.54) is 64.2 Å². The van der Waals surface area contributed by atoms with Crippen LogP contribution in [0, 0.1) is 5.92 Å². The summed E-state index contributed by atoms with van der Waals surface area (Å²) in [5, 5.41) is 0. The maximum atomic E-state index is 11.7. The highest BCUT2D eigenvalue weighted by molar-refractivity contribution is 5.69. The van der Waals surface area contributed by atoms with Crippen LogP contribution in [0.25, 0.3) is 0 Å². The Bertz CT molecular complexity index is 511. The molecule has 0 spiro atoms. The fraction of sp³-hybridized carbons (Fsp3) is 0.680. The maximum absolute atomic E-state index is 11.7. The van der Waals surface area contributed by atoms with Crippen molar-refractivity contribution in [3.8, 4) is 0 Å². The van der Waals surface area contributed by atoms with Crippen LogP contribution in [0.4, 0.5) is 0 Å². The molecule has 0 unspecified atom stereocenters. The molecule has 0 bridgehead atoms. The molecule has 1 heterocycles. The van der Waals surface area contributed by atoms with E-state index in [2.05, 4.69) is 31.0 Å². The van der Waals surface area contributed by atoms with Crippen molar-refractivity contribution < 1.29 is 9.53 Å². The van der Waals surface area contributed by atoms with E-state index in [4.69, 9.17) is 4.74 Å². The molecule has 0 radical (unpaired) electrons. The Hall–Kier alpha value is -1.64. The van der Waals surface area contributed by atoms with Crippen LogP contribution >= 0.6 is 0 Å². The number of ether oxygens (including phenoxy) is 1. The van der Waals surface area contributed by atoms with Gasteiger partial charge in [-0.2, -0.15) is 0 Å². The Morgan fingerprint density at radius 3 is 2.25 bits per heavy atom. The van der Waals surface area contributed by atoms with Crippen LogP contribution in [0.15, 0.2) is 36.7 Å². The monoisotopic (exact) mass is 387 g/mol. The summed E-state index contributed by atoms with van der Waals surface area (Å²) in [4.78, 5) is 15.7. The Labute approximate surface area is 173 Å². The SMILES string of the molecule is CC(C)CCCCCCC/C=C\CCCCCCC(=O)OCc1cccnc1. The number of rotatable bonds is 17. The van der Waals surface area contributed by atoms with E-state index in [-0.39, 0.29) is 5.97 Å². The van der Waals surface area contributed by atoms with Gasteiger partial charge in [-0.25, -0.2) is 0 Å². The van der Waals surface area contributed by atoms with Crippen molar-refractivity contribution in [2.75, 3.05) is 0 Å². The third-order valence-corrected chi connectivity index (χ3v) is 4.94. The predicted molar refractivity (Wildman–Crippen MR) is 118 cm³/mol. The van der Waals surface area contributed by atoms with Crippen molar-refractivity contribution in [3.05, 3.63) is 42.2 Å². The second kappa shape index (κ2) is 17.5. The predicted octanol–water partition coefficient (Wildman–Crippen LogP) is 7.41. The number of aromatic nitrogens is 1. The van der Waals surface area contributed by atoms with Gasteiger partial charge >= 0.3 is 5.97 Å². The highest BCUT2D eigenvalue weighted by Crippen LogP contribution is 2.12. The third-order valence-electron chi connectivity index (χ3n) is 4.94. The third kappa shape index (κ3) is 15.4. The van der Waals surface area contributed by atoms with E-state index in [0.717, 1.165) is 24.3 Å². The van der Waals surface area contributed by atoms with Crippen LogP contribution in [0.5, 0.6) is 0 Å². The fourth-order valence-corrected chi connectivity index (χ4v) is 3.19. The Morgan fingerprint density at radius 1 is 0.964 bits per heavy atom. The van der Waals surface area contributed by atoms with Gasteiger partial charge in [0.15, 0.2) is 0 Å². The van der Waals surface area contributed by atoms with E-state index in [1.807, 2.05) is 12.1 Å². The van der Waals surface area contributed by atoms with Crippen molar-refractivity contribution in [2.24, 2.45) is 5.92 Å². The minimum absolute atomic E-state index is 0.104. The van der Waals surface area contributed by atoms with Crippen LogP contribution in [-0.4, -0.2) is 11.0 Å². The van der Waals surface area contributed by atoms with Gasteiger partial charge in [-0.1, -0.05) is 77.0 Å². The van der Waals surface area contributed by atoms with Crippen LogP contribution in [-0.2, 0) is 16.1 Å². The Balaban J connectivity index is 1.82. The van der Waals surface area contributed by atoms with Gasteiger partial charge in [-0.3, -0.25) is 9.78 Å². The average molecular weight is 388 g/mol. The van der Waals surface area contributed by atoms with E-state index in [9.17, 15) is 4.79 Å². The first-order valence-corrected chi connectivity index (χ1v) is 11.4. The molecule has 0 aliphatic heterocycles. The van der Waals surface area contributed by atoms with Crippen LogP contribution in [0.2, 0.25) is 0 Å². The molecule has 0 aromatic carbocycles. The van der Waals surface area contributed by atoms with E-state index in [0.29, 0.717) is 13.0 Å². The van der Waals surface area contributed by atoms with Gasteiger partial charge < -0.3 is 4.74 Å². The molecule has 0 saturated heterocycles. The molecule has 0 fully saturated rings. The van der Waals surface area contributed by atoms with Crippen molar-refractivity contribution in [1.29, 1.82) is 0 Å². The standard InChI is InChI=1S/C25H41NO2/c1-23(2)17-14-12-10-8-6-4-3-5-7-9-11-13-15-19-25(27)28-22-24-18-16-20-26-21-24/h3,5,16,18,20-21,23H,4,6-15,17,19,22H2,1-2H3/b5-3-. The molecule has 3 nitrogen and oxygen atoms in total. The summed E-state index contributed by atoms with van der Waals surface area (Å²) >= 11 is 0. The smallest absolute Gasteiger partial charge is 0.306 e. The van der Waals surface area contributed by atoms with Gasteiger partial charge in [0.25, 0.3) is 0 Å². The minimum atomic E-state index is -0.104. The number of unbranched alkanes of at least 4 members (excludes halogenated alkanes) is 9. The molecule has 3 heteroatoms. The number of carbonyl (C=O) groups excluding carboxylic acids is 1. The summed E-state index contributed by atoms with van der Waals surface area (Å²) in [6, 6.07) is 3.77. The lowest BCUT2D eigenvalue weighted by atomic mass is 10.0. The average Bonchev–Trinajstić information content (AvgIpc) is 2.70. The second-order valence-corrected chi connectivity index (χ2v) is 8.19. The van der Waals surface area contributed by atoms with Gasteiger partial charge in [0.2, 0.25) is 0 Å². The van der Waals surface area contributed by atoms with Gasteiger partial charge in [0.05, 0.1) is 0 Å². The van der Waals surface area contributed by atoms with Crippen molar-refractivity contribution in [3.63, 3.8) is 0 Å². The summed E-state index contributed by atoms with van der Waals surface area (Å²) in [6.45, 7) is 4.95. The summed E-state index contributed by atoms with van der Waals surface area (Å²) in [5.41, 5.74) is 0.939. The first-order chi connectivity index (χ1) is 13.7. The first kappa shape index (κ1) is 24.4. The number of hydrogen-bond donors (Lipinski definition) is 0. The van der Waals surface area contributed by atoms with Crippen molar-refractivity contribution in [1.82, 2.24) is 4.98 Å². The fourth-order valence-electron chi connectivity index (χ4n) is 3.19. The molecule has 158 valence electrons. The highest BCUT2D eigenvalue weighted by Gasteiger charge is 2.03. The zero-order valence-corrected chi connectivity index (χ0v) is 18.2. The summed E-state index contributed by atoms with van der Waals surface area (Å²) in [5.74, 6) is 0.752. The Kier molecular flexibility index (Phi) is 15.2. The van der Waals surface area contributed by atoms with E-state index >= 15 is 0 Å². The zero-order valence-electron chi connectivity index (χ0n) is 18.2. The number of esters is 1. The lowest BCUT2D eigenvalue weighted by Gasteiger charge is -2.04. The zero-order chi connectivity index (χ0) is 20.3. The molecular weight excluding hydrogens is 346 g/mol. The minimum Gasteiger partial charge on any atom is -0.461 e. The molecule has 1 rings (SSSR count).